The molecule has 0 saturated carbocycles. The van der Waals surface area contributed by atoms with E-state index in [1.807, 2.05) is 6.08 Å². The zero-order chi connectivity index (χ0) is 19.4. The number of nitrogens with zero attached hydrogens (tertiary/aromatic N) is 4. The molecule has 1 atom stereocenters. The summed E-state index contributed by atoms with van der Waals surface area (Å²) < 4.78 is 0. The lowest BCUT2D eigenvalue weighted by molar-refractivity contribution is 0.0924. The van der Waals surface area contributed by atoms with Gasteiger partial charge in [-0.25, -0.2) is 0 Å². The molecule has 0 aromatic heterocycles. The van der Waals surface area contributed by atoms with Gasteiger partial charge < -0.3 is 15.1 Å². The van der Waals surface area contributed by atoms with Crippen LogP contribution in [-0.4, -0.2) is 86.6 Å². The standard InChI is InChI=1S/C21H43N5/c1-7-9-10-11-12-13-25(6)21(22-8-2)23-18-20(19(3)4)26-16-14-24(5)15-17-26/h7,19-20H,1,8-18H2,2-6H3,(H,22,23). The first-order valence-corrected chi connectivity index (χ1v) is 10.5. The molecular weight excluding hydrogens is 322 g/mol. The van der Waals surface area contributed by atoms with Crippen LogP contribution < -0.4 is 5.32 Å². The van der Waals surface area contributed by atoms with Gasteiger partial charge in [-0.05, 0) is 39.2 Å². The third kappa shape index (κ3) is 8.54. The second kappa shape index (κ2) is 13.2. The fourth-order valence-electron chi connectivity index (χ4n) is 3.47. The number of guanidine groups is 1. The van der Waals surface area contributed by atoms with Crippen molar-refractivity contribution in [1.82, 2.24) is 20.0 Å². The number of nitrogens with one attached hydrogen (secondary N) is 1. The molecule has 0 radical (unpaired) electrons. The number of hydrogen-bond acceptors (Lipinski definition) is 3. The molecule has 1 N–H and O–H groups in total. The molecule has 1 saturated heterocycles. The Morgan fingerprint density at radius 1 is 1.19 bits per heavy atom. The van der Waals surface area contributed by atoms with Crippen LogP contribution in [0.1, 0.15) is 46.5 Å². The molecule has 26 heavy (non-hydrogen) atoms. The summed E-state index contributed by atoms with van der Waals surface area (Å²) in [4.78, 5) is 12.3. The van der Waals surface area contributed by atoms with E-state index in [0.29, 0.717) is 12.0 Å². The molecular formula is C21H43N5. The van der Waals surface area contributed by atoms with E-state index in [-0.39, 0.29) is 0 Å². The topological polar surface area (TPSA) is 34.1 Å². The predicted octanol–water partition coefficient (Wildman–Crippen LogP) is 2.90. The first-order valence-electron chi connectivity index (χ1n) is 10.5. The SMILES string of the molecule is C=CCCCCCN(C)C(=NCC(C(C)C)N1CCN(C)CC1)NCC. The van der Waals surface area contributed by atoms with E-state index in [1.165, 1.54) is 19.3 Å². The van der Waals surface area contributed by atoms with Crippen molar-refractivity contribution in [3.05, 3.63) is 12.7 Å². The Morgan fingerprint density at radius 2 is 1.88 bits per heavy atom. The van der Waals surface area contributed by atoms with Gasteiger partial charge in [0.1, 0.15) is 0 Å². The highest BCUT2D eigenvalue weighted by Crippen LogP contribution is 2.14. The summed E-state index contributed by atoms with van der Waals surface area (Å²) in [7, 11) is 4.38. The van der Waals surface area contributed by atoms with Gasteiger partial charge in [-0.2, -0.15) is 0 Å². The van der Waals surface area contributed by atoms with Gasteiger partial charge in [-0.15, -0.1) is 6.58 Å². The van der Waals surface area contributed by atoms with Crippen molar-refractivity contribution in [2.24, 2.45) is 10.9 Å². The summed E-state index contributed by atoms with van der Waals surface area (Å²) in [6.45, 7) is 18.1. The maximum absolute atomic E-state index is 5.00. The molecule has 1 rings (SSSR count). The third-order valence-electron chi connectivity index (χ3n) is 5.30. The molecule has 5 heteroatoms. The number of allylic oxidation sites excluding steroid dienone is 1. The summed E-state index contributed by atoms with van der Waals surface area (Å²) >= 11 is 0. The largest absolute Gasteiger partial charge is 0.357 e. The maximum Gasteiger partial charge on any atom is 0.193 e. The van der Waals surface area contributed by atoms with E-state index in [0.717, 1.165) is 58.2 Å². The van der Waals surface area contributed by atoms with Crippen LogP contribution in [0.5, 0.6) is 0 Å². The second-order valence-corrected chi connectivity index (χ2v) is 7.90. The molecule has 0 spiro atoms. The number of hydrogen-bond donors (Lipinski definition) is 1. The van der Waals surface area contributed by atoms with Crippen molar-refractivity contribution < 1.29 is 0 Å². The van der Waals surface area contributed by atoms with Crippen LogP contribution in [0.3, 0.4) is 0 Å². The third-order valence-corrected chi connectivity index (χ3v) is 5.30. The molecule has 0 aromatic rings. The average molecular weight is 366 g/mol. The lowest BCUT2D eigenvalue weighted by Crippen LogP contribution is -2.52. The lowest BCUT2D eigenvalue weighted by atomic mass is 10.0. The van der Waals surface area contributed by atoms with E-state index < -0.39 is 0 Å². The number of rotatable bonds is 11. The molecule has 1 unspecified atom stereocenters. The van der Waals surface area contributed by atoms with Gasteiger partial charge in [0, 0.05) is 52.4 Å². The minimum atomic E-state index is 0.526. The number of aliphatic imine (C=N–C) groups is 1. The first kappa shape index (κ1) is 23.0. The zero-order valence-corrected chi connectivity index (χ0v) is 18.0. The summed E-state index contributed by atoms with van der Waals surface area (Å²) in [6, 6.07) is 0.526. The van der Waals surface area contributed by atoms with Crippen LogP contribution >= 0.6 is 0 Å². The van der Waals surface area contributed by atoms with Crippen molar-refractivity contribution in [3.8, 4) is 0 Å². The van der Waals surface area contributed by atoms with E-state index in [1.54, 1.807) is 0 Å². The van der Waals surface area contributed by atoms with Crippen molar-refractivity contribution in [1.29, 1.82) is 0 Å². The van der Waals surface area contributed by atoms with E-state index in [2.05, 4.69) is 61.5 Å². The van der Waals surface area contributed by atoms with Gasteiger partial charge in [0.15, 0.2) is 5.96 Å². The minimum Gasteiger partial charge on any atom is -0.357 e. The molecule has 0 aliphatic carbocycles. The summed E-state index contributed by atoms with van der Waals surface area (Å²) in [5.41, 5.74) is 0. The Morgan fingerprint density at radius 3 is 2.46 bits per heavy atom. The molecule has 0 aromatic carbocycles. The van der Waals surface area contributed by atoms with Crippen molar-refractivity contribution in [2.75, 3.05) is 59.9 Å². The van der Waals surface area contributed by atoms with Crippen molar-refractivity contribution >= 4 is 5.96 Å². The van der Waals surface area contributed by atoms with Gasteiger partial charge in [-0.1, -0.05) is 26.3 Å². The van der Waals surface area contributed by atoms with Gasteiger partial charge in [0.2, 0.25) is 0 Å². The van der Waals surface area contributed by atoms with Crippen LogP contribution in [0, 0.1) is 5.92 Å². The van der Waals surface area contributed by atoms with Crippen molar-refractivity contribution in [2.45, 2.75) is 52.5 Å². The second-order valence-electron chi connectivity index (χ2n) is 7.90. The van der Waals surface area contributed by atoms with Crippen LogP contribution in [0.2, 0.25) is 0 Å². The number of likely N-dealkylation sites (N-methyl/N-ethyl adjacent to an activating group) is 1. The van der Waals surface area contributed by atoms with Crippen LogP contribution in [0.4, 0.5) is 0 Å². The molecule has 1 heterocycles. The molecule has 0 bridgehead atoms. The average Bonchev–Trinajstić information content (AvgIpc) is 2.61. The lowest BCUT2D eigenvalue weighted by Gasteiger charge is -2.39. The number of piperazine rings is 1. The maximum atomic E-state index is 5.00. The van der Waals surface area contributed by atoms with Crippen LogP contribution in [0.25, 0.3) is 0 Å². The minimum absolute atomic E-state index is 0.526. The zero-order valence-electron chi connectivity index (χ0n) is 18.0. The summed E-state index contributed by atoms with van der Waals surface area (Å²) in [5.74, 6) is 1.67. The van der Waals surface area contributed by atoms with E-state index in [9.17, 15) is 0 Å². The van der Waals surface area contributed by atoms with Crippen LogP contribution in [0.15, 0.2) is 17.6 Å². The predicted molar refractivity (Wildman–Crippen MR) is 115 cm³/mol. The Labute approximate surface area is 162 Å². The highest BCUT2D eigenvalue weighted by Gasteiger charge is 2.25. The van der Waals surface area contributed by atoms with Gasteiger partial charge in [-0.3, -0.25) is 9.89 Å². The molecule has 5 nitrogen and oxygen atoms in total. The molecule has 152 valence electrons. The van der Waals surface area contributed by atoms with Gasteiger partial charge in [0.25, 0.3) is 0 Å². The highest BCUT2D eigenvalue weighted by molar-refractivity contribution is 5.79. The van der Waals surface area contributed by atoms with Gasteiger partial charge >= 0.3 is 0 Å². The Kier molecular flexibility index (Phi) is 11.6. The van der Waals surface area contributed by atoms with Crippen molar-refractivity contribution in [3.63, 3.8) is 0 Å². The molecule has 0 amide bonds. The molecule has 1 aliphatic rings. The number of unbranched alkanes of at least 4 members (excludes halogenated alkanes) is 3. The summed E-state index contributed by atoms with van der Waals surface area (Å²) in [5, 5.41) is 3.47. The van der Waals surface area contributed by atoms with E-state index in [4.69, 9.17) is 4.99 Å². The quantitative estimate of drug-likeness (QED) is 0.264. The van der Waals surface area contributed by atoms with E-state index >= 15 is 0 Å². The van der Waals surface area contributed by atoms with Crippen LogP contribution in [-0.2, 0) is 0 Å². The molecule has 1 fully saturated rings. The first-order chi connectivity index (χ1) is 12.5. The summed E-state index contributed by atoms with van der Waals surface area (Å²) in [6.07, 6.45) is 6.84. The normalized spacial score (nSPS) is 18.2. The van der Waals surface area contributed by atoms with Gasteiger partial charge in [0.05, 0.1) is 6.54 Å². The fourth-order valence-corrected chi connectivity index (χ4v) is 3.47. The highest BCUT2D eigenvalue weighted by atomic mass is 15.3. The Hall–Kier alpha value is -1.07. The Balaban J connectivity index is 2.58. The monoisotopic (exact) mass is 365 g/mol. The smallest absolute Gasteiger partial charge is 0.193 e. The molecule has 1 aliphatic heterocycles. The fraction of sp³-hybridized carbons (Fsp3) is 0.857. The Bertz CT molecular complexity index is 399.